The smallest absolute Gasteiger partial charge is 0.243 e. The van der Waals surface area contributed by atoms with E-state index in [1.807, 2.05) is 0 Å². The first-order chi connectivity index (χ1) is 10.5. The lowest BCUT2D eigenvalue weighted by Gasteiger charge is -2.30. The lowest BCUT2D eigenvalue weighted by atomic mass is 10.3. The minimum atomic E-state index is -3.60. The van der Waals surface area contributed by atoms with Crippen LogP contribution in [0.2, 0.25) is 5.02 Å². The minimum Gasteiger partial charge on any atom is -0.367 e. The molecule has 1 saturated heterocycles. The highest BCUT2D eigenvalue weighted by Crippen LogP contribution is 2.25. The summed E-state index contributed by atoms with van der Waals surface area (Å²) in [6.45, 7) is 2.36. The summed E-state index contributed by atoms with van der Waals surface area (Å²) in [6.07, 6.45) is -0.534. The maximum Gasteiger partial charge on any atom is 0.243 e. The van der Waals surface area contributed by atoms with Crippen LogP contribution in [-0.2, 0) is 14.8 Å². The summed E-state index contributed by atoms with van der Waals surface area (Å²) in [6, 6.07) is 6.07. The summed E-state index contributed by atoms with van der Waals surface area (Å²) in [5.74, 6) is 0.768. The number of halogens is 1. The zero-order valence-corrected chi connectivity index (χ0v) is 13.3. The lowest BCUT2D eigenvalue weighted by Crippen LogP contribution is -2.42. The summed E-state index contributed by atoms with van der Waals surface area (Å²) in [7, 11) is -3.60. The first-order valence-corrected chi connectivity index (χ1v) is 8.46. The van der Waals surface area contributed by atoms with Crippen LogP contribution in [0.5, 0.6) is 0 Å². The molecule has 0 radical (unpaired) electrons. The van der Waals surface area contributed by atoms with Gasteiger partial charge in [-0.05, 0) is 24.3 Å². The van der Waals surface area contributed by atoms with Gasteiger partial charge in [0.2, 0.25) is 21.7 Å². The number of aromatic nitrogens is 2. The fourth-order valence-corrected chi connectivity index (χ4v) is 3.75. The van der Waals surface area contributed by atoms with Crippen LogP contribution in [0.4, 0.5) is 0 Å². The Morgan fingerprint density at radius 3 is 2.68 bits per heavy atom. The van der Waals surface area contributed by atoms with E-state index in [-0.39, 0.29) is 24.6 Å². The van der Waals surface area contributed by atoms with Gasteiger partial charge in [-0.1, -0.05) is 16.8 Å². The van der Waals surface area contributed by atoms with Crippen LogP contribution in [0.1, 0.15) is 17.8 Å². The van der Waals surface area contributed by atoms with E-state index >= 15 is 0 Å². The molecule has 1 aromatic heterocycles. The maximum atomic E-state index is 12.6. The highest BCUT2D eigenvalue weighted by atomic mass is 35.5. The van der Waals surface area contributed by atoms with Crippen molar-refractivity contribution in [2.75, 3.05) is 19.7 Å². The zero-order chi connectivity index (χ0) is 15.7. The zero-order valence-electron chi connectivity index (χ0n) is 11.8. The number of morpholine rings is 1. The molecule has 22 heavy (non-hydrogen) atoms. The molecule has 1 aliphatic heterocycles. The predicted molar refractivity (Wildman–Crippen MR) is 77.9 cm³/mol. The van der Waals surface area contributed by atoms with Gasteiger partial charge in [-0.3, -0.25) is 0 Å². The van der Waals surface area contributed by atoms with E-state index in [1.165, 1.54) is 16.4 Å². The molecule has 0 aliphatic carbocycles. The van der Waals surface area contributed by atoms with Gasteiger partial charge in [-0.15, -0.1) is 0 Å². The number of rotatable bonds is 3. The fraction of sp³-hybridized carbons (Fsp3) is 0.385. The van der Waals surface area contributed by atoms with Crippen molar-refractivity contribution in [3.05, 3.63) is 41.0 Å². The first kappa shape index (κ1) is 15.4. The van der Waals surface area contributed by atoms with Crippen molar-refractivity contribution in [2.24, 2.45) is 0 Å². The van der Waals surface area contributed by atoms with Crippen molar-refractivity contribution >= 4 is 21.6 Å². The summed E-state index contributed by atoms with van der Waals surface area (Å²) >= 11 is 5.80. The van der Waals surface area contributed by atoms with Crippen LogP contribution in [0.25, 0.3) is 0 Å². The van der Waals surface area contributed by atoms with Crippen LogP contribution in [-0.4, -0.2) is 42.6 Å². The molecule has 1 fully saturated rings. The van der Waals surface area contributed by atoms with Crippen molar-refractivity contribution in [1.29, 1.82) is 0 Å². The minimum absolute atomic E-state index is 0.143. The number of hydrogen-bond donors (Lipinski definition) is 0. The summed E-state index contributed by atoms with van der Waals surface area (Å²) in [4.78, 5) is 4.29. The second-order valence-electron chi connectivity index (χ2n) is 4.85. The van der Waals surface area contributed by atoms with E-state index in [1.54, 1.807) is 19.1 Å². The fourth-order valence-electron chi connectivity index (χ4n) is 2.20. The van der Waals surface area contributed by atoms with Gasteiger partial charge in [0.05, 0.1) is 11.5 Å². The molecular formula is C13H14ClN3O4S. The quantitative estimate of drug-likeness (QED) is 0.844. The molecular weight excluding hydrogens is 330 g/mol. The van der Waals surface area contributed by atoms with Gasteiger partial charge < -0.3 is 9.26 Å². The third-order valence-electron chi connectivity index (χ3n) is 3.31. The number of nitrogens with zero attached hydrogens (tertiary/aromatic N) is 3. The molecule has 1 aromatic carbocycles. The molecule has 3 rings (SSSR count). The SMILES string of the molecule is Cc1nc([C@@H]2CN(S(=O)(=O)c3ccc(Cl)cc3)CCO2)no1. The molecule has 2 aromatic rings. The third-order valence-corrected chi connectivity index (χ3v) is 5.44. The molecule has 0 spiro atoms. The number of benzene rings is 1. The van der Waals surface area contributed by atoms with Crippen molar-refractivity contribution < 1.29 is 17.7 Å². The Morgan fingerprint density at radius 2 is 2.05 bits per heavy atom. The van der Waals surface area contributed by atoms with Crippen LogP contribution in [0.3, 0.4) is 0 Å². The van der Waals surface area contributed by atoms with Crippen molar-refractivity contribution in [3.8, 4) is 0 Å². The Bertz CT molecular complexity index is 760. The standard InChI is InChI=1S/C13H14ClN3O4S/c1-9-15-13(16-21-9)12-8-17(6-7-20-12)22(18,19)11-4-2-10(14)3-5-11/h2-5,12H,6-8H2,1H3/t12-/m0/s1. The Labute approximate surface area is 132 Å². The van der Waals surface area contributed by atoms with Gasteiger partial charge in [0.25, 0.3) is 0 Å². The molecule has 0 unspecified atom stereocenters. The normalized spacial score (nSPS) is 20.2. The van der Waals surface area contributed by atoms with Crippen molar-refractivity contribution in [2.45, 2.75) is 17.9 Å². The van der Waals surface area contributed by atoms with Crippen molar-refractivity contribution in [3.63, 3.8) is 0 Å². The molecule has 118 valence electrons. The summed E-state index contributed by atoms with van der Waals surface area (Å²) < 4.78 is 37.1. The van der Waals surface area contributed by atoms with Gasteiger partial charge in [-0.2, -0.15) is 9.29 Å². The van der Waals surface area contributed by atoms with E-state index in [0.29, 0.717) is 16.7 Å². The Balaban J connectivity index is 1.83. The molecule has 0 N–H and O–H groups in total. The number of ether oxygens (including phenoxy) is 1. The van der Waals surface area contributed by atoms with Crippen LogP contribution in [0, 0.1) is 6.92 Å². The average molecular weight is 344 g/mol. The Hall–Kier alpha value is -1.48. The van der Waals surface area contributed by atoms with Crippen LogP contribution >= 0.6 is 11.6 Å². The molecule has 1 aliphatic rings. The summed E-state index contributed by atoms with van der Waals surface area (Å²) in [5.41, 5.74) is 0. The van der Waals surface area contributed by atoms with E-state index in [9.17, 15) is 8.42 Å². The predicted octanol–water partition coefficient (Wildman–Crippen LogP) is 1.79. The van der Waals surface area contributed by atoms with Crippen molar-refractivity contribution in [1.82, 2.24) is 14.4 Å². The molecule has 7 nitrogen and oxygen atoms in total. The van der Waals surface area contributed by atoms with E-state index in [4.69, 9.17) is 20.9 Å². The summed E-state index contributed by atoms with van der Waals surface area (Å²) in [5, 5.41) is 4.28. The molecule has 1 atom stereocenters. The van der Waals surface area contributed by atoms with Gasteiger partial charge in [0, 0.05) is 25.0 Å². The highest BCUT2D eigenvalue weighted by Gasteiger charge is 2.33. The van der Waals surface area contributed by atoms with Crippen LogP contribution < -0.4 is 0 Å². The van der Waals surface area contributed by atoms with Gasteiger partial charge in [0.1, 0.15) is 6.10 Å². The molecule has 0 bridgehead atoms. The Morgan fingerprint density at radius 1 is 1.32 bits per heavy atom. The Kier molecular flexibility index (Phi) is 4.18. The number of sulfonamides is 1. The number of aryl methyl sites for hydroxylation is 1. The van der Waals surface area contributed by atoms with Gasteiger partial charge in [0.15, 0.2) is 0 Å². The van der Waals surface area contributed by atoms with E-state index in [0.717, 1.165) is 0 Å². The van der Waals surface area contributed by atoms with E-state index in [2.05, 4.69) is 10.1 Å². The van der Waals surface area contributed by atoms with Crippen LogP contribution in [0.15, 0.2) is 33.7 Å². The first-order valence-electron chi connectivity index (χ1n) is 6.64. The topological polar surface area (TPSA) is 85.5 Å². The largest absolute Gasteiger partial charge is 0.367 e. The maximum absolute atomic E-state index is 12.6. The third kappa shape index (κ3) is 3.00. The number of hydrogen-bond acceptors (Lipinski definition) is 6. The second-order valence-corrected chi connectivity index (χ2v) is 7.22. The highest BCUT2D eigenvalue weighted by molar-refractivity contribution is 7.89. The van der Waals surface area contributed by atoms with Gasteiger partial charge >= 0.3 is 0 Å². The lowest BCUT2D eigenvalue weighted by molar-refractivity contribution is -0.00859. The molecule has 9 heteroatoms. The monoisotopic (exact) mass is 343 g/mol. The molecule has 0 amide bonds. The second kappa shape index (κ2) is 5.96. The van der Waals surface area contributed by atoms with E-state index < -0.39 is 16.1 Å². The molecule has 2 heterocycles. The molecule has 0 saturated carbocycles. The average Bonchev–Trinajstić information content (AvgIpc) is 2.94. The van der Waals surface area contributed by atoms with Gasteiger partial charge in [-0.25, -0.2) is 8.42 Å².